The highest BCUT2D eigenvalue weighted by atomic mass is 35.5. The first-order chi connectivity index (χ1) is 8.60. The van der Waals surface area contributed by atoms with E-state index in [2.05, 4.69) is 23.3 Å². The van der Waals surface area contributed by atoms with E-state index in [1.165, 1.54) is 19.4 Å². The molecule has 1 aromatic carbocycles. The second-order valence-electron chi connectivity index (χ2n) is 5.05. The summed E-state index contributed by atoms with van der Waals surface area (Å²) in [5.74, 6) is 0.818. The Balaban J connectivity index is 2.14. The van der Waals surface area contributed by atoms with E-state index in [4.69, 9.17) is 16.3 Å². The van der Waals surface area contributed by atoms with Crippen molar-refractivity contribution in [2.24, 2.45) is 0 Å². The number of methoxy groups -OCH3 is 1. The monoisotopic (exact) mass is 268 g/mol. The topological polar surface area (TPSA) is 24.5 Å². The second-order valence-corrected chi connectivity index (χ2v) is 5.45. The molecule has 0 aromatic heterocycles. The number of halogens is 1. The molecule has 100 valence electrons. The Morgan fingerprint density at radius 1 is 1.44 bits per heavy atom. The molecule has 3 nitrogen and oxygen atoms in total. The Morgan fingerprint density at radius 2 is 2.22 bits per heavy atom. The second kappa shape index (κ2) is 5.81. The van der Waals surface area contributed by atoms with Gasteiger partial charge in [0.25, 0.3) is 0 Å². The fourth-order valence-corrected chi connectivity index (χ4v) is 2.60. The van der Waals surface area contributed by atoms with Gasteiger partial charge in [0.05, 0.1) is 12.8 Å². The van der Waals surface area contributed by atoms with Crippen molar-refractivity contribution >= 4 is 17.3 Å². The van der Waals surface area contributed by atoms with Gasteiger partial charge in [-0.15, -0.1) is 0 Å². The molecule has 2 rings (SSSR count). The molecule has 18 heavy (non-hydrogen) atoms. The largest absolute Gasteiger partial charge is 0.495 e. The number of nitrogens with one attached hydrogen (secondary N) is 1. The summed E-state index contributed by atoms with van der Waals surface area (Å²) >= 11 is 6.11. The predicted octanol–water partition coefficient (Wildman–Crippen LogP) is 3.16. The number of rotatable bonds is 3. The first-order valence-corrected chi connectivity index (χ1v) is 6.77. The van der Waals surface area contributed by atoms with Gasteiger partial charge >= 0.3 is 0 Å². The number of hydrogen-bond donors (Lipinski definition) is 1. The molecule has 1 aliphatic rings. The number of nitrogens with zero attached hydrogens (tertiary/aromatic N) is 1. The SMILES string of the molecule is COc1cc(Cl)c(C)cc1NC1CCCN(C)C1. The number of ether oxygens (including phenoxy) is 1. The fourth-order valence-electron chi connectivity index (χ4n) is 2.45. The number of hydrogen-bond acceptors (Lipinski definition) is 3. The smallest absolute Gasteiger partial charge is 0.143 e. The van der Waals surface area contributed by atoms with Crippen LogP contribution in [-0.2, 0) is 0 Å². The fraction of sp³-hybridized carbons (Fsp3) is 0.571. The van der Waals surface area contributed by atoms with E-state index in [1.807, 2.05) is 13.0 Å². The molecule has 1 N–H and O–H groups in total. The lowest BCUT2D eigenvalue weighted by atomic mass is 10.1. The third kappa shape index (κ3) is 3.09. The molecule has 1 heterocycles. The van der Waals surface area contributed by atoms with Gasteiger partial charge in [0, 0.05) is 23.7 Å². The highest BCUT2D eigenvalue weighted by Crippen LogP contribution is 2.32. The van der Waals surface area contributed by atoms with Gasteiger partial charge in [-0.25, -0.2) is 0 Å². The van der Waals surface area contributed by atoms with Crippen LogP contribution in [0, 0.1) is 6.92 Å². The lowest BCUT2D eigenvalue weighted by molar-refractivity contribution is 0.260. The average molecular weight is 269 g/mol. The summed E-state index contributed by atoms with van der Waals surface area (Å²) in [7, 11) is 3.84. The van der Waals surface area contributed by atoms with Crippen LogP contribution >= 0.6 is 11.6 Å². The minimum absolute atomic E-state index is 0.484. The number of likely N-dealkylation sites (tertiary alicyclic amines) is 1. The zero-order valence-electron chi connectivity index (χ0n) is 11.3. The molecule has 1 saturated heterocycles. The Hall–Kier alpha value is -0.930. The van der Waals surface area contributed by atoms with Crippen molar-refractivity contribution in [2.45, 2.75) is 25.8 Å². The van der Waals surface area contributed by atoms with E-state index in [1.54, 1.807) is 7.11 Å². The van der Waals surface area contributed by atoms with E-state index in [0.29, 0.717) is 6.04 Å². The quantitative estimate of drug-likeness (QED) is 0.911. The highest BCUT2D eigenvalue weighted by Gasteiger charge is 2.18. The van der Waals surface area contributed by atoms with Crippen LogP contribution in [0.5, 0.6) is 5.75 Å². The molecule has 0 bridgehead atoms. The van der Waals surface area contributed by atoms with Crippen LogP contribution in [0.1, 0.15) is 18.4 Å². The van der Waals surface area contributed by atoms with Gasteiger partial charge in [0.1, 0.15) is 5.75 Å². The molecule has 1 aromatic rings. The minimum Gasteiger partial charge on any atom is -0.495 e. The number of anilines is 1. The molecule has 0 radical (unpaired) electrons. The van der Waals surface area contributed by atoms with Gasteiger partial charge in [-0.05, 0) is 45.0 Å². The van der Waals surface area contributed by atoms with Crippen LogP contribution in [0.25, 0.3) is 0 Å². The molecule has 1 fully saturated rings. The summed E-state index contributed by atoms with van der Waals surface area (Å²) in [6, 6.07) is 4.43. The molecule has 0 saturated carbocycles. The molecular weight excluding hydrogens is 248 g/mol. The van der Waals surface area contributed by atoms with Gasteiger partial charge in [-0.1, -0.05) is 11.6 Å². The minimum atomic E-state index is 0.484. The van der Waals surface area contributed by atoms with Crippen molar-refractivity contribution in [1.29, 1.82) is 0 Å². The van der Waals surface area contributed by atoms with Crippen LogP contribution in [0.3, 0.4) is 0 Å². The number of likely N-dealkylation sites (N-methyl/N-ethyl adjacent to an activating group) is 1. The van der Waals surface area contributed by atoms with E-state index in [0.717, 1.165) is 28.6 Å². The third-order valence-corrected chi connectivity index (χ3v) is 3.87. The normalized spacial score (nSPS) is 20.8. The zero-order chi connectivity index (χ0) is 13.1. The molecule has 1 aliphatic heterocycles. The first kappa shape index (κ1) is 13.5. The molecule has 4 heteroatoms. The van der Waals surface area contributed by atoms with Crippen LogP contribution in [-0.4, -0.2) is 38.2 Å². The summed E-state index contributed by atoms with van der Waals surface area (Å²) < 4.78 is 5.39. The van der Waals surface area contributed by atoms with Crippen molar-refractivity contribution in [2.75, 3.05) is 32.6 Å². The molecule has 1 atom stereocenters. The summed E-state index contributed by atoms with van der Waals surface area (Å²) in [6.07, 6.45) is 2.44. The van der Waals surface area contributed by atoms with Crippen LogP contribution in [0.15, 0.2) is 12.1 Å². The molecule has 0 spiro atoms. The van der Waals surface area contributed by atoms with Crippen molar-refractivity contribution < 1.29 is 4.74 Å². The lowest BCUT2D eigenvalue weighted by Crippen LogP contribution is -2.39. The van der Waals surface area contributed by atoms with Crippen molar-refractivity contribution in [3.05, 3.63) is 22.7 Å². The van der Waals surface area contributed by atoms with Gasteiger partial charge in [-0.2, -0.15) is 0 Å². The Morgan fingerprint density at radius 3 is 2.89 bits per heavy atom. The first-order valence-electron chi connectivity index (χ1n) is 6.39. The Kier molecular flexibility index (Phi) is 4.36. The van der Waals surface area contributed by atoms with E-state index in [-0.39, 0.29) is 0 Å². The molecule has 0 amide bonds. The van der Waals surface area contributed by atoms with Crippen molar-refractivity contribution in [3.8, 4) is 5.75 Å². The summed E-state index contributed by atoms with van der Waals surface area (Å²) in [4.78, 5) is 2.36. The predicted molar refractivity (Wildman–Crippen MR) is 76.9 cm³/mol. The standard InChI is InChI=1S/C14H21ClN2O/c1-10-7-13(14(18-3)8-12(10)15)16-11-5-4-6-17(2)9-11/h7-8,11,16H,4-6,9H2,1-3H3. The van der Waals surface area contributed by atoms with E-state index in [9.17, 15) is 0 Å². The van der Waals surface area contributed by atoms with E-state index >= 15 is 0 Å². The van der Waals surface area contributed by atoms with Gasteiger partial charge in [0.15, 0.2) is 0 Å². The Labute approximate surface area is 114 Å². The van der Waals surface area contributed by atoms with Crippen LogP contribution in [0.2, 0.25) is 5.02 Å². The average Bonchev–Trinajstić information content (AvgIpc) is 2.33. The van der Waals surface area contributed by atoms with Gasteiger partial charge in [0.2, 0.25) is 0 Å². The maximum atomic E-state index is 6.11. The Bertz CT molecular complexity index is 423. The van der Waals surface area contributed by atoms with Crippen LogP contribution < -0.4 is 10.1 Å². The molecular formula is C14H21ClN2O. The maximum Gasteiger partial charge on any atom is 0.143 e. The van der Waals surface area contributed by atoms with Crippen molar-refractivity contribution in [1.82, 2.24) is 4.90 Å². The van der Waals surface area contributed by atoms with Crippen LogP contribution in [0.4, 0.5) is 5.69 Å². The lowest BCUT2D eigenvalue weighted by Gasteiger charge is -2.31. The maximum absolute atomic E-state index is 6.11. The van der Waals surface area contributed by atoms with E-state index < -0.39 is 0 Å². The summed E-state index contributed by atoms with van der Waals surface area (Å²) in [5, 5.41) is 4.32. The zero-order valence-corrected chi connectivity index (χ0v) is 12.0. The summed E-state index contributed by atoms with van der Waals surface area (Å²) in [6.45, 7) is 4.28. The third-order valence-electron chi connectivity index (χ3n) is 3.46. The van der Waals surface area contributed by atoms with Gasteiger partial charge < -0.3 is 15.0 Å². The van der Waals surface area contributed by atoms with Gasteiger partial charge in [-0.3, -0.25) is 0 Å². The molecule has 0 aliphatic carbocycles. The van der Waals surface area contributed by atoms with Crippen molar-refractivity contribution in [3.63, 3.8) is 0 Å². The summed E-state index contributed by atoms with van der Waals surface area (Å²) in [5.41, 5.74) is 2.11. The molecule has 1 unspecified atom stereocenters. The number of piperidine rings is 1. The number of aryl methyl sites for hydroxylation is 1. The number of benzene rings is 1. The highest BCUT2D eigenvalue weighted by molar-refractivity contribution is 6.31.